The second-order valence-electron chi connectivity index (χ2n) is 4.57. The summed E-state index contributed by atoms with van der Waals surface area (Å²) in [5.74, 6) is -0.966. The van der Waals surface area contributed by atoms with E-state index in [2.05, 4.69) is 10.2 Å². The first kappa shape index (κ1) is 14.4. The zero-order chi connectivity index (χ0) is 12.9. The molecular weight excluding hydrogens is 208 g/mol. The van der Waals surface area contributed by atoms with Crippen LogP contribution in [0.4, 0.5) is 0 Å². The van der Waals surface area contributed by atoms with Crippen LogP contribution in [0.25, 0.3) is 4.85 Å². The molecule has 0 heterocycles. The van der Waals surface area contributed by atoms with Crippen LogP contribution in [0.15, 0.2) is 0 Å². The van der Waals surface area contributed by atoms with Crippen LogP contribution in [0.2, 0.25) is 0 Å². The van der Waals surface area contributed by atoms with Gasteiger partial charge in [-0.3, -0.25) is 4.79 Å². The fourth-order valence-corrected chi connectivity index (χ4v) is 0.842. The van der Waals surface area contributed by atoms with Gasteiger partial charge in [-0.25, -0.2) is 11.4 Å². The molecule has 0 bridgehead atoms. The topological polar surface area (TPSA) is 59.8 Å². The van der Waals surface area contributed by atoms with Crippen LogP contribution < -0.4 is 5.32 Å². The van der Waals surface area contributed by atoms with Crippen molar-refractivity contribution in [1.29, 1.82) is 0 Å². The van der Waals surface area contributed by atoms with Crippen LogP contribution in [-0.4, -0.2) is 29.6 Å². The maximum Gasteiger partial charge on any atom is 0.328 e. The number of hydrogen-bond donors (Lipinski definition) is 1. The standard InChI is InChI=1S/C11H18N2O3/c1-7(12-6)9(14)13-8(2)10(15)16-11(3,4)5/h7-8H,1-5H3,(H,13,14)/t7?,8-/m0/s1. The van der Waals surface area contributed by atoms with E-state index in [4.69, 9.17) is 11.3 Å². The summed E-state index contributed by atoms with van der Waals surface area (Å²) < 4.78 is 5.08. The lowest BCUT2D eigenvalue weighted by molar-refractivity contribution is -0.158. The van der Waals surface area contributed by atoms with Crippen molar-refractivity contribution in [3.8, 4) is 0 Å². The number of hydrogen-bond acceptors (Lipinski definition) is 3. The number of amides is 1. The van der Waals surface area contributed by atoms with Crippen LogP contribution in [0.1, 0.15) is 34.6 Å². The van der Waals surface area contributed by atoms with Crippen LogP contribution in [0.5, 0.6) is 0 Å². The molecule has 0 aliphatic heterocycles. The Morgan fingerprint density at radius 3 is 2.19 bits per heavy atom. The van der Waals surface area contributed by atoms with E-state index in [1.807, 2.05) is 0 Å². The van der Waals surface area contributed by atoms with Gasteiger partial charge in [0, 0.05) is 6.92 Å². The largest absolute Gasteiger partial charge is 0.458 e. The number of rotatable bonds is 3. The van der Waals surface area contributed by atoms with Crippen molar-refractivity contribution in [2.24, 2.45) is 0 Å². The first-order valence-corrected chi connectivity index (χ1v) is 5.07. The molecule has 2 atom stereocenters. The van der Waals surface area contributed by atoms with Gasteiger partial charge in [-0.15, -0.1) is 0 Å². The van der Waals surface area contributed by atoms with Crippen LogP contribution in [0.3, 0.4) is 0 Å². The van der Waals surface area contributed by atoms with Crippen molar-refractivity contribution in [3.63, 3.8) is 0 Å². The lowest BCUT2D eigenvalue weighted by Gasteiger charge is -2.22. The number of carbonyl (C=O) groups excluding carboxylic acids is 2. The highest BCUT2D eigenvalue weighted by atomic mass is 16.6. The third-order valence-electron chi connectivity index (χ3n) is 1.69. The van der Waals surface area contributed by atoms with Gasteiger partial charge in [0.1, 0.15) is 11.6 Å². The first-order chi connectivity index (χ1) is 7.17. The monoisotopic (exact) mass is 226 g/mol. The van der Waals surface area contributed by atoms with Crippen molar-refractivity contribution in [2.45, 2.75) is 52.3 Å². The second kappa shape index (κ2) is 5.50. The van der Waals surface area contributed by atoms with Gasteiger partial charge in [0.2, 0.25) is 0 Å². The van der Waals surface area contributed by atoms with Crippen molar-refractivity contribution in [1.82, 2.24) is 5.32 Å². The Morgan fingerprint density at radius 1 is 1.31 bits per heavy atom. The normalized spacial score (nSPS) is 14.5. The molecule has 0 aromatic heterocycles. The molecule has 1 unspecified atom stereocenters. The minimum Gasteiger partial charge on any atom is -0.458 e. The molecule has 0 aromatic carbocycles. The molecule has 1 N–H and O–H groups in total. The number of esters is 1. The summed E-state index contributed by atoms with van der Waals surface area (Å²) >= 11 is 0. The molecule has 16 heavy (non-hydrogen) atoms. The lowest BCUT2D eigenvalue weighted by Crippen LogP contribution is -2.44. The fourth-order valence-electron chi connectivity index (χ4n) is 0.842. The van der Waals surface area contributed by atoms with E-state index in [0.717, 1.165) is 0 Å². The Balaban J connectivity index is 4.28. The summed E-state index contributed by atoms with van der Waals surface area (Å²) in [6.07, 6.45) is 0. The maximum absolute atomic E-state index is 11.5. The fraction of sp³-hybridized carbons (Fsp3) is 0.727. The van der Waals surface area contributed by atoms with E-state index in [1.165, 1.54) is 13.8 Å². The molecular formula is C11H18N2O3. The zero-order valence-corrected chi connectivity index (χ0v) is 10.3. The van der Waals surface area contributed by atoms with Crippen LogP contribution >= 0.6 is 0 Å². The molecule has 0 rings (SSSR count). The van der Waals surface area contributed by atoms with Gasteiger partial charge >= 0.3 is 11.9 Å². The average Bonchev–Trinajstić information content (AvgIpc) is 2.13. The van der Waals surface area contributed by atoms with Crippen molar-refractivity contribution < 1.29 is 14.3 Å². The minimum absolute atomic E-state index is 0.464. The number of carbonyl (C=O) groups is 2. The van der Waals surface area contributed by atoms with Gasteiger partial charge in [0.25, 0.3) is 6.04 Å². The predicted octanol–water partition coefficient (Wildman–Crippen LogP) is 1.14. The van der Waals surface area contributed by atoms with Gasteiger partial charge in [0.05, 0.1) is 0 Å². The van der Waals surface area contributed by atoms with Crippen LogP contribution in [-0.2, 0) is 14.3 Å². The Bertz CT molecular complexity index is 312. The molecule has 0 aliphatic rings. The smallest absolute Gasteiger partial charge is 0.328 e. The van der Waals surface area contributed by atoms with Crippen molar-refractivity contribution in [3.05, 3.63) is 11.4 Å². The molecule has 0 spiro atoms. The molecule has 5 heteroatoms. The molecule has 90 valence electrons. The Hall–Kier alpha value is -1.57. The molecule has 0 saturated heterocycles. The first-order valence-electron chi connectivity index (χ1n) is 5.07. The summed E-state index contributed by atoms with van der Waals surface area (Å²) in [4.78, 5) is 25.9. The molecule has 0 radical (unpaired) electrons. The van der Waals surface area contributed by atoms with E-state index in [-0.39, 0.29) is 0 Å². The van der Waals surface area contributed by atoms with Crippen molar-refractivity contribution in [2.75, 3.05) is 0 Å². The van der Waals surface area contributed by atoms with Gasteiger partial charge in [-0.2, -0.15) is 0 Å². The third-order valence-corrected chi connectivity index (χ3v) is 1.69. The summed E-state index contributed by atoms with van der Waals surface area (Å²) in [5.41, 5.74) is -0.582. The van der Waals surface area contributed by atoms with Crippen LogP contribution in [0, 0.1) is 6.57 Å². The van der Waals surface area contributed by atoms with Crippen molar-refractivity contribution >= 4 is 11.9 Å². The third kappa shape index (κ3) is 5.35. The number of nitrogens with zero attached hydrogens (tertiary/aromatic N) is 1. The predicted molar refractivity (Wildman–Crippen MR) is 59.5 cm³/mol. The molecule has 5 nitrogen and oxygen atoms in total. The number of nitrogens with one attached hydrogen (secondary N) is 1. The molecule has 0 aliphatic carbocycles. The average molecular weight is 226 g/mol. The van der Waals surface area contributed by atoms with Gasteiger partial charge in [-0.1, -0.05) is 0 Å². The summed E-state index contributed by atoms with van der Waals surface area (Å²) in [5, 5.41) is 2.43. The molecule has 0 fully saturated rings. The highest BCUT2D eigenvalue weighted by Gasteiger charge is 2.26. The van der Waals surface area contributed by atoms with E-state index < -0.39 is 29.6 Å². The SMILES string of the molecule is [C-]#[N+]C(C)C(=O)N[C@@H](C)C(=O)OC(C)(C)C. The van der Waals surface area contributed by atoms with Gasteiger partial charge < -0.3 is 14.9 Å². The molecule has 0 aromatic rings. The quantitative estimate of drug-likeness (QED) is 0.580. The highest BCUT2D eigenvalue weighted by Crippen LogP contribution is 2.08. The summed E-state index contributed by atoms with van der Waals surface area (Å²) in [6, 6.07) is -1.53. The minimum atomic E-state index is -0.787. The van der Waals surface area contributed by atoms with Gasteiger partial charge in [0.15, 0.2) is 0 Å². The highest BCUT2D eigenvalue weighted by molar-refractivity contribution is 5.88. The molecule has 1 amide bonds. The maximum atomic E-state index is 11.5. The lowest BCUT2D eigenvalue weighted by atomic mass is 10.2. The Kier molecular flexibility index (Phi) is 4.96. The Morgan fingerprint density at radius 2 is 1.81 bits per heavy atom. The molecule has 0 saturated carbocycles. The summed E-state index contributed by atoms with van der Waals surface area (Å²) in [6.45, 7) is 14.9. The van der Waals surface area contributed by atoms with Gasteiger partial charge in [-0.05, 0) is 27.7 Å². The second-order valence-corrected chi connectivity index (χ2v) is 4.57. The van der Waals surface area contributed by atoms with E-state index >= 15 is 0 Å². The summed E-state index contributed by atoms with van der Waals surface area (Å²) in [7, 11) is 0. The van der Waals surface area contributed by atoms with E-state index in [0.29, 0.717) is 0 Å². The zero-order valence-electron chi connectivity index (χ0n) is 10.3. The van der Waals surface area contributed by atoms with E-state index in [9.17, 15) is 9.59 Å². The number of ether oxygens (including phenoxy) is 1. The Labute approximate surface area is 96.0 Å². The van der Waals surface area contributed by atoms with E-state index in [1.54, 1.807) is 20.8 Å².